The number of benzene rings is 1. The van der Waals surface area contributed by atoms with E-state index in [0.29, 0.717) is 5.02 Å². The minimum atomic E-state index is -0.948. The van der Waals surface area contributed by atoms with Gasteiger partial charge in [-0.2, -0.15) is 0 Å². The van der Waals surface area contributed by atoms with Crippen molar-refractivity contribution in [3.8, 4) is 0 Å². The lowest BCUT2D eigenvalue weighted by atomic mass is 10.0. The third-order valence-electron chi connectivity index (χ3n) is 3.14. The fourth-order valence-electron chi connectivity index (χ4n) is 1.98. The zero-order valence-corrected chi connectivity index (χ0v) is 16.9. The normalized spacial score (nSPS) is 12.5. The number of carbonyl (C=O) groups excluding carboxylic acids is 3. The molecule has 1 atom stereocenters. The lowest BCUT2D eigenvalue weighted by Crippen LogP contribution is -2.46. The summed E-state index contributed by atoms with van der Waals surface area (Å²) in [7, 11) is 0. The van der Waals surface area contributed by atoms with Crippen molar-refractivity contribution in [3.63, 3.8) is 0 Å². The molecule has 1 N–H and O–H groups in total. The summed E-state index contributed by atoms with van der Waals surface area (Å²) in [5.74, 6) is -2.21. The Balaban J connectivity index is 2.74. The molecule has 0 fully saturated rings. The van der Waals surface area contributed by atoms with E-state index in [-0.39, 0.29) is 16.5 Å². The van der Waals surface area contributed by atoms with E-state index in [2.05, 4.69) is 5.32 Å². The molecule has 0 aliphatic rings. The van der Waals surface area contributed by atoms with Gasteiger partial charge in [-0.1, -0.05) is 37.0 Å². The van der Waals surface area contributed by atoms with Crippen LogP contribution >= 0.6 is 23.2 Å². The quantitative estimate of drug-likeness (QED) is 0.733. The van der Waals surface area contributed by atoms with Crippen LogP contribution in [0.25, 0.3) is 0 Å². The van der Waals surface area contributed by atoms with Crippen molar-refractivity contribution in [1.29, 1.82) is 0 Å². The van der Waals surface area contributed by atoms with E-state index >= 15 is 0 Å². The Morgan fingerprint density at radius 2 is 1.77 bits per heavy atom. The highest BCUT2D eigenvalue weighted by Crippen LogP contribution is 2.21. The molecule has 0 radical (unpaired) electrons. The number of carbonyl (C=O) groups is 3. The van der Waals surface area contributed by atoms with Gasteiger partial charge >= 0.3 is 11.9 Å². The third-order valence-corrected chi connectivity index (χ3v) is 3.68. The van der Waals surface area contributed by atoms with E-state index in [1.165, 1.54) is 18.2 Å². The largest absolute Gasteiger partial charge is 0.457 e. The van der Waals surface area contributed by atoms with Gasteiger partial charge in [0.2, 0.25) is 0 Å². The van der Waals surface area contributed by atoms with Crippen molar-refractivity contribution in [3.05, 3.63) is 33.8 Å². The smallest absolute Gasteiger partial charge is 0.344 e. The fraction of sp³-hybridized carbons (Fsp3) is 0.500. The molecule has 0 aliphatic heterocycles. The Morgan fingerprint density at radius 3 is 2.27 bits per heavy atom. The standard InChI is InChI=1S/C18H23Cl2NO5/c1-10(2)15(17(24)25-9-14(22)26-18(3,4)5)21-16(23)12-7-6-11(19)8-13(12)20/h6-8,10,15H,9H2,1-5H3,(H,21,23)/t15-/m0/s1. The van der Waals surface area contributed by atoms with Crippen molar-refractivity contribution in [2.45, 2.75) is 46.3 Å². The summed E-state index contributed by atoms with van der Waals surface area (Å²) in [5.41, 5.74) is -0.498. The predicted molar refractivity (Wildman–Crippen MR) is 99.4 cm³/mol. The molecule has 8 heteroatoms. The average Bonchev–Trinajstić information content (AvgIpc) is 2.48. The van der Waals surface area contributed by atoms with Crippen LogP contribution in [-0.2, 0) is 19.1 Å². The maximum Gasteiger partial charge on any atom is 0.344 e. The first kappa shape index (κ1) is 22.3. The fourth-order valence-corrected chi connectivity index (χ4v) is 2.48. The van der Waals surface area contributed by atoms with E-state index < -0.39 is 36.1 Å². The summed E-state index contributed by atoms with van der Waals surface area (Å²) in [6, 6.07) is 3.47. The number of amides is 1. The number of ether oxygens (including phenoxy) is 2. The van der Waals surface area contributed by atoms with Gasteiger partial charge in [0.05, 0.1) is 10.6 Å². The van der Waals surface area contributed by atoms with Crippen LogP contribution in [0.2, 0.25) is 10.0 Å². The minimum absolute atomic E-state index is 0.166. The van der Waals surface area contributed by atoms with Gasteiger partial charge < -0.3 is 14.8 Å². The number of hydrogen-bond donors (Lipinski definition) is 1. The van der Waals surface area contributed by atoms with E-state index in [4.69, 9.17) is 32.7 Å². The van der Waals surface area contributed by atoms with Gasteiger partial charge in [0.1, 0.15) is 11.6 Å². The summed E-state index contributed by atoms with van der Waals surface area (Å²) in [5, 5.41) is 3.13. The number of hydrogen-bond acceptors (Lipinski definition) is 5. The SMILES string of the molecule is CC(C)[C@H](NC(=O)c1ccc(Cl)cc1Cl)C(=O)OCC(=O)OC(C)(C)C. The molecule has 0 spiro atoms. The molecule has 6 nitrogen and oxygen atoms in total. The summed E-state index contributed by atoms with van der Waals surface area (Å²) in [6.07, 6.45) is 0. The number of esters is 2. The van der Waals surface area contributed by atoms with Gasteiger partial charge in [0.15, 0.2) is 6.61 Å². The van der Waals surface area contributed by atoms with E-state index in [1.807, 2.05) is 0 Å². The lowest BCUT2D eigenvalue weighted by Gasteiger charge is -2.22. The Kier molecular flexibility index (Phi) is 7.90. The van der Waals surface area contributed by atoms with E-state index in [0.717, 1.165) is 0 Å². The number of halogens is 2. The molecule has 0 bridgehead atoms. The molecule has 0 saturated carbocycles. The molecule has 0 aliphatic carbocycles. The van der Waals surface area contributed by atoms with Crippen molar-refractivity contribution >= 4 is 41.0 Å². The molecule has 1 rings (SSSR count). The second-order valence-corrected chi connectivity index (χ2v) is 7.86. The van der Waals surface area contributed by atoms with Gasteiger partial charge in [-0.15, -0.1) is 0 Å². The Morgan fingerprint density at radius 1 is 1.15 bits per heavy atom. The van der Waals surface area contributed by atoms with Crippen LogP contribution in [0.4, 0.5) is 0 Å². The molecule has 144 valence electrons. The first-order valence-electron chi connectivity index (χ1n) is 8.05. The van der Waals surface area contributed by atoms with E-state index in [9.17, 15) is 14.4 Å². The first-order chi connectivity index (χ1) is 11.9. The third kappa shape index (κ3) is 7.22. The number of nitrogens with one attached hydrogen (secondary N) is 1. The van der Waals surface area contributed by atoms with Crippen molar-refractivity contribution in [2.75, 3.05) is 6.61 Å². The topological polar surface area (TPSA) is 81.7 Å². The van der Waals surface area contributed by atoms with Crippen LogP contribution in [0, 0.1) is 5.92 Å². The molecule has 1 aromatic rings. The van der Waals surface area contributed by atoms with Gasteiger partial charge in [0.25, 0.3) is 5.91 Å². The summed E-state index contributed by atoms with van der Waals surface area (Å²) in [6.45, 7) is 8.07. The maximum atomic E-state index is 12.4. The Labute approximate surface area is 163 Å². The molecule has 1 amide bonds. The minimum Gasteiger partial charge on any atom is -0.457 e. The second-order valence-electron chi connectivity index (χ2n) is 7.01. The van der Waals surface area contributed by atoms with Crippen molar-refractivity contribution < 1.29 is 23.9 Å². The van der Waals surface area contributed by atoms with Gasteiger partial charge in [-0.3, -0.25) is 4.79 Å². The molecule has 1 aromatic carbocycles. The molecule has 0 heterocycles. The van der Waals surface area contributed by atoms with Crippen molar-refractivity contribution in [1.82, 2.24) is 5.32 Å². The highest BCUT2D eigenvalue weighted by atomic mass is 35.5. The zero-order chi connectivity index (χ0) is 20.1. The molecule has 0 saturated heterocycles. The molecule has 26 heavy (non-hydrogen) atoms. The summed E-state index contributed by atoms with van der Waals surface area (Å²) >= 11 is 11.8. The Hall–Kier alpha value is -1.79. The molecular formula is C18H23Cl2NO5. The van der Waals surface area contributed by atoms with Crippen molar-refractivity contribution in [2.24, 2.45) is 5.92 Å². The predicted octanol–water partition coefficient (Wildman–Crippen LogP) is 3.63. The molecular weight excluding hydrogens is 381 g/mol. The lowest BCUT2D eigenvalue weighted by molar-refractivity contribution is -0.167. The van der Waals surface area contributed by atoms with Crippen LogP contribution in [0.5, 0.6) is 0 Å². The van der Waals surface area contributed by atoms with Crippen LogP contribution in [0.3, 0.4) is 0 Å². The monoisotopic (exact) mass is 403 g/mol. The Bertz CT molecular complexity index is 683. The average molecular weight is 404 g/mol. The van der Waals surface area contributed by atoms with E-state index in [1.54, 1.807) is 34.6 Å². The summed E-state index contributed by atoms with van der Waals surface area (Å²) < 4.78 is 10.0. The second kappa shape index (κ2) is 9.24. The van der Waals surface area contributed by atoms with Gasteiger partial charge in [0, 0.05) is 5.02 Å². The highest BCUT2D eigenvalue weighted by molar-refractivity contribution is 6.36. The van der Waals surface area contributed by atoms with Crippen LogP contribution < -0.4 is 5.32 Å². The highest BCUT2D eigenvalue weighted by Gasteiger charge is 2.28. The molecule has 0 unspecified atom stereocenters. The van der Waals surface area contributed by atoms with Crippen LogP contribution in [-0.4, -0.2) is 36.1 Å². The van der Waals surface area contributed by atoms with Crippen LogP contribution in [0.1, 0.15) is 45.0 Å². The summed E-state index contributed by atoms with van der Waals surface area (Å²) in [4.78, 5) is 36.3. The molecule has 0 aromatic heterocycles. The van der Waals surface area contributed by atoms with Crippen LogP contribution in [0.15, 0.2) is 18.2 Å². The van der Waals surface area contributed by atoms with Gasteiger partial charge in [-0.05, 0) is 44.9 Å². The number of rotatable bonds is 6. The zero-order valence-electron chi connectivity index (χ0n) is 15.4. The van der Waals surface area contributed by atoms with Gasteiger partial charge in [-0.25, -0.2) is 9.59 Å². The first-order valence-corrected chi connectivity index (χ1v) is 8.80. The maximum absolute atomic E-state index is 12.4.